The lowest BCUT2D eigenvalue weighted by Gasteiger charge is -2.58. The molecule has 3 atom stereocenters. The first-order valence-electron chi connectivity index (χ1n) is 9.41. The summed E-state index contributed by atoms with van der Waals surface area (Å²) in [6, 6.07) is 7.59. The molecule has 1 fully saturated rings. The first kappa shape index (κ1) is 19.0. The van der Waals surface area contributed by atoms with E-state index in [4.69, 9.17) is 19.9 Å². The van der Waals surface area contributed by atoms with Crippen molar-refractivity contribution in [3.8, 4) is 11.5 Å². The lowest BCUT2D eigenvalue weighted by atomic mass is 9.54. The van der Waals surface area contributed by atoms with Crippen molar-refractivity contribution in [3.05, 3.63) is 24.3 Å². The summed E-state index contributed by atoms with van der Waals surface area (Å²) in [5.74, 6) is 1.42. The molecular formula is C20H30N2O4. The Morgan fingerprint density at radius 1 is 1.31 bits per heavy atom. The number of hydrogen-bond acceptors (Lipinski definition) is 5. The van der Waals surface area contributed by atoms with Crippen molar-refractivity contribution in [2.24, 2.45) is 11.1 Å². The van der Waals surface area contributed by atoms with Crippen LogP contribution in [-0.2, 0) is 9.53 Å². The SMILES string of the molecule is CCOC1CC(N)(C(=O)N(CC)CC2COc3ccccc3O2)C1(C)C. The summed E-state index contributed by atoms with van der Waals surface area (Å²) in [7, 11) is 0. The van der Waals surface area contributed by atoms with Gasteiger partial charge in [0.2, 0.25) is 5.91 Å². The summed E-state index contributed by atoms with van der Waals surface area (Å²) < 4.78 is 17.5. The van der Waals surface area contributed by atoms with E-state index >= 15 is 0 Å². The average molecular weight is 362 g/mol. The van der Waals surface area contributed by atoms with E-state index in [2.05, 4.69) is 0 Å². The van der Waals surface area contributed by atoms with E-state index in [1.54, 1.807) is 4.90 Å². The van der Waals surface area contributed by atoms with Gasteiger partial charge in [-0.05, 0) is 26.0 Å². The lowest BCUT2D eigenvalue weighted by Crippen LogP contribution is -2.76. The zero-order chi connectivity index (χ0) is 18.9. The van der Waals surface area contributed by atoms with E-state index in [0.717, 1.165) is 11.5 Å². The summed E-state index contributed by atoms with van der Waals surface area (Å²) >= 11 is 0. The fourth-order valence-corrected chi connectivity index (χ4v) is 3.83. The number of carbonyl (C=O) groups excluding carboxylic acids is 1. The second-order valence-electron chi connectivity index (χ2n) is 7.68. The third-order valence-corrected chi connectivity index (χ3v) is 5.87. The predicted molar refractivity (Wildman–Crippen MR) is 99.3 cm³/mol. The standard InChI is InChI=1S/C20H30N2O4/c1-5-22(12-14-13-25-15-9-7-8-10-16(15)26-14)18(23)20(21)11-17(24-6-2)19(20,3)4/h7-10,14,17H,5-6,11-13,21H2,1-4H3. The molecule has 1 aromatic carbocycles. The number of carbonyl (C=O) groups is 1. The van der Waals surface area contributed by atoms with Gasteiger partial charge < -0.3 is 24.8 Å². The van der Waals surface area contributed by atoms with Crippen molar-refractivity contribution in [1.82, 2.24) is 4.90 Å². The van der Waals surface area contributed by atoms with Gasteiger partial charge >= 0.3 is 0 Å². The van der Waals surface area contributed by atoms with Crippen LogP contribution in [0.5, 0.6) is 11.5 Å². The molecule has 0 spiro atoms. The molecule has 0 radical (unpaired) electrons. The number of amides is 1. The molecule has 26 heavy (non-hydrogen) atoms. The zero-order valence-electron chi connectivity index (χ0n) is 16.2. The Morgan fingerprint density at radius 2 is 2.00 bits per heavy atom. The maximum Gasteiger partial charge on any atom is 0.243 e. The number of nitrogens with zero attached hydrogens (tertiary/aromatic N) is 1. The molecular weight excluding hydrogens is 332 g/mol. The molecule has 2 aliphatic rings. The van der Waals surface area contributed by atoms with Crippen LogP contribution in [0.25, 0.3) is 0 Å². The normalized spacial score (nSPS) is 29.0. The zero-order valence-corrected chi connectivity index (χ0v) is 16.2. The number of para-hydroxylation sites is 2. The second kappa shape index (κ2) is 7.08. The summed E-state index contributed by atoms with van der Waals surface area (Å²) in [4.78, 5) is 15.0. The van der Waals surface area contributed by atoms with Gasteiger partial charge in [0.25, 0.3) is 0 Å². The van der Waals surface area contributed by atoms with Crippen molar-refractivity contribution >= 4 is 5.91 Å². The Bertz CT molecular complexity index is 663. The van der Waals surface area contributed by atoms with Crippen LogP contribution in [0.1, 0.15) is 34.1 Å². The number of likely N-dealkylation sites (N-methyl/N-ethyl adjacent to an activating group) is 1. The highest BCUT2D eigenvalue weighted by Crippen LogP contribution is 2.50. The Labute approximate surface area is 155 Å². The third-order valence-electron chi connectivity index (χ3n) is 5.87. The van der Waals surface area contributed by atoms with Crippen LogP contribution in [0.3, 0.4) is 0 Å². The van der Waals surface area contributed by atoms with Crippen LogP contribution in [0, 0.1) is 5.41 Å². The smallest absolute Gasteiger partial charge is 0.243 e. The monoisotopic (exact) mass is 362 g/mol. The van der Waals surface area contributed by atoms with Crippen molar-refractivity contribution < 1.29 is 19.0 Å². The van der Waals surface area contributed by atoms with Gasteiger partial charge in [-0.25, -0.2) is 0 Å². The highest BCUT2D eigenvalue weighted by atomic mass is 16.6. The van der Waals surface area contributed by atoms with E-state index in [1.807, 2.05) is 52.0 Å². The summed E-state index contributed by atoms with van der Waals surface area (Å²) in [6.45, 7) is 10.0. The molecule has 2 N–H and O–H groups in total. The number of nitrogens with two attached hydrogens (primary N) is 1. The molecule has 0 bridgehead atoms. The van der Waals surface area contributed by atoms with Crippen molar-refractivity contribution in [2.45, 2.75) is 51.9 Å². The highest BCUT2D eigenvalue weighted by Gasteiger charge is 2.63. The van der Waals surface area contributed by atoms with Crippen molar-refractivity contribution in [2.75, 3.05) is 26.3 Å². The molecule has 1 saturated carbocycles. The Hall–Kier alpha value is -1.79. The molecule has 1 heterocycles. The fourth-order valence-electron chi connectivity index (χ4n) is 3.83. The van der Waals surface area contributed by atoms with Gasteiger partial charge in [0.15, 0.2) is 17.6 Å². The van der Waals surface area contributed by atoms with Crippen LogP contribution in [0.2, 0.25) is 0 Å². The van der Waals surface area contributed by atoms with E-state index in [1.165, 1.54) is 0 Å². The van der Waals surface area contributed by atoms with Gasteiger partial charge in [0.05, 0.1) is 12.6 Å². The summed E-state index contributed by atoms with van der Waals surface area (Å²) in [5, 5.41) is 0. The molecule has 6 heteroatoms. The van der Waals surface area contributed by atoms with E-state index < -0.39 is 11.0 Å². The lowest BCUT2D eigenvalue weighted by molar-refractivity contribution is -0.180. The minimum Gasteiger partial charge on any atom is -0.486 e. The molecule has 3 unspecified atom stereocenters. The Kier molecular flexibility index (Phi) is 5.17. The van der Waals surface area contributed by atoms with Crippen LogP contribution >= 0.6 is 0 Å². The quantitative estimate of drug-likeness (QED) is 0.840. The summed E-state index contributed by atoms with van der Waals surface area (Å²) in [5.41, 5.74) is 5.25. The number of rotatable bonds is 6. The number of benzene rings is 1. The molecule has 1 aliphatic heterocycles. The van der Waals surface area contributed by atoms with E-state index in [-0.39, 0.29) is 18.1 Å². The highest BCUT2D eigenvalue weighted by molar-refractivity contribution is 5.89. The Balaban J connectivity index is 1.67. The van der Waals surface area contributed by atoms with Gasteiger partial charge in [-0.2, -0.15) is 0 Å². The van der Waals surface area contributed by atoms with Crippen LogP contribution in [-0.4, -0.2) is 54.9 Å². The molecule has 1 aromatic rings. The fraction of sp³-hybridized carbons (Fsp3) is 0.650. The van der Waals surface area contributed by atoms with E-state index in [0.29, 0.717) is 32.7 Å². The van der Waals surface area contributed by atoms with Crippen molar-refractivity contribution in [1.29, 1.82) is 0 Å². The van der Waals surface area contributed by atoms with Crippen LogP contribution in [0.4, 0.5) is 0 Å². The predicted octanol–water partition coefficient (Wildman–Crippen LogP) is 2.21. The molecule has 144 valence electrons. The minimum atomic E-state index is -0.906. The number of ether oxygens (including phenoxy) is 3. The Morgan fingerprint density at radius 3 is 2.62 bits per heavy atom. The minimum absolute atomic E-state index is 0.0151. The third kappa shape index (κ3) is 3.05. The van der Waals surface area contributed by atoms with Gasteiger partial charge in [-0.15, -0.1) is 0 Å². The molecule has 0 saturated heterocycles. The van der Waals surface area contributed by atoms with Gasteiger partial charge in [-0.3, -0.25) is 4.79 Å². The molecule has 0 aromatic heterocycles. The second-order valence-corrected chi connectivity index (χ2v) is 7.68. The maximum atomic E-state index is 13.2. The molecule has 3 rings (SSSR count). The molecule has 6 nitrogen and oxygen atoms in total. The first-order chi connectivity index (χ1) is 12.3. The average Bonchev–Trinajstić information content (AvgIpc) is 2.65. The topological polar surface area (TPSA) is 74.0 Å². The van der Waals surface area contributed by atoms with Gasteiger partial charge in [0, 0.05) is 25.0 Å². The first-order valence-corrected chi connectivity index (χ1v) is 9.41. The van der Waals surface area contributed by atoms with Gasteiger partial charge in [0.1, 0.15) is 12.1 Å². The maximum absolute atomic E-state index is 13.2. The van der Waals surface area contributed by atoms with Crippen LogP contribution < -0.4 is 15.2 Å². The molecule has 1 aliphatic carbocycles. The van der Waals surface area contributed by atoms with Crippen molar-refractivity contribution in [3.63, 3.8) is 0 Å². The van der Waals surface area contributed by atoms with E-state index in [9.17, 15) is 4.79 Å². The number of hydrogen-bond donors (Lipinski definition) is 1. The summed E-state index contributed by atoms with van der Waals surface area (Å²) in [6.07, 6.45) is 0.359. The van der Waals surface area contributed by atoms with Crippen LogP contribution in [0.15, 0.2) is 24.3 Å². The molecule has 1 amide bonds. The largest absolute Gasteiger partial charge is 0.486 e. The number of fused-ring (bicyclic) bond motifs is 1. The van der Waals surface area contributed by atoms with Gasteiger partial charge in [-0.1, -0.05) is 26.0 Å².